The van der Waals surface area contributed by atoms with Crippen molar-refractivity contribution in [2.45, 2.75) is 51.6 Å². The van der Waals surface area contributed by atoms with Gasteiger partial charge in [-0.25, -0.2) is 0 Å². The van der Waals surface area contributed by atoms with Crippen molar-refractivity contribution in [2.75, 3.05) is 99.1 Å². The number of hydrogen-bond acceptors (Lipinski definition) is 9. The van der Waals surface area contributed by atoms with Crippen molar-refractivity contribution in [3.05, 3.63) is 0 Å². The second-order valence-corrected chi connectivity index (χ2v) is 7.33. The molecule has 9 heteroatoms. The summed E-state index contributed by atoms with van der Waals surface area (Å²) in [6.45, 7) is 9.02. The Morgan fingerprint density at radius 3 is 1.28 bits per heavy atom. The van der Waals surface area contributed by atoms with E-state index in [-0.39, 0.29) is 12.7 Å². The van der Waals surface area contributed by atoms with Crippen LogP contribution in [-0.4, -0.2) is 115 Å². The van der Waals surface area contributed by atoms with Crippen LogP contribution >= 0.6 is 0 Å². The Hall–Kier alpha value is -0.360. The van der Waals surface area contributed by atoms with Gasteiger partial charge in [0.1, 0.15) is 0 Å². The van der Waals surface area contributed by atoms with E-state index in [4.69, 9.17) is 38.3 Å². The van der Waals surface area contributed by atoms with E-state index in [9.17, 15) is 5.11 Å². The number of aliphatic hydroxyl groups is 2. The normalized spacial score (nSPS) is 12.5. The van der Waals surface area contributed by atoms with Crippen LogP contribution in [0.25, 0.3) is 0 Å². The van der Waals surface area contributed by atoms with Crippen LogP contribution in [-0.2, 0) is 33.2 Å². The third-order valence-electron chi connectivity index (χ3n) is 4.42. The van der Waals surface area contributed by atoms with Crippen LogP contribution in [0.15, 0.2) is 0 Å². The van der Waals surface area contributed by atoms with E-state index < -0.39 is 0 Å². The summed E-state index contributed by atoms with van der Waals surface area (Å²) >= 11 is 0. The van der Waals surface area contributed by atoms with Crippen molar-refractivity contribution in [3.8, 4) is 0 Å². The van der Waals surface area contributed by atoms with Gasteiger partial charge in [-0.3, -0.25) is 0 Å². The maximum Gasteiger partial charge on any atom is 0.0773 e. The Kier molecular flexibility index (Phi) is 28.4. The molecule has 2 N–H and O–H groups in total. The van der Waals surface area contributed by atoms with E-state index in [1.54, 1.807) is 0 Å². The van der Waals surface area contributed by atoms with Crippen molar-refractivity contribution >= 4 is 0 Å². The van der Waals surface area contributed by atoms with Gasteiger partial charge in [0, 0.05) is 0 Å². The van der Waals surface area contributed by atoms with Gasteiger partial charge in [-0.05, 0) is 6.42 Å². The number of rotatable bonds is 28. The predicted molar refractivity (Wildman–Crippen MR) is 122 cm³/mol. The zero-order valence-electron chi connectivity index (χ0n) is 20.2. The summed E-state index contributed by atoms with van der Waals surface area (Å²) in [6.07, 6.45) is 6.45. The van der Waals surface area contributed by atoms with E-state index in [1.165, 1.54) is 25.7 Å². The summed E-state index contributed by atoms with van der Waals surface area (Å²) in [5, 5.41) is 18.4. The van der Waals surface area contributed by atoms with Gasteiger partial charge in [0.15, 0.2) is 0 Å². The highest BCUT2D eigenvalue weighted by Crippen LogP contribution is 2.07. The minimum absolute atomic E-state index is 0.0310. The lowest BCUT2D eigenvalue weighted by Gasteiger charge is -2.11. The first-order chi connectivity index (χ1) is 15.8. The van der Waals surface area contributed by atoms with Crippen molar-refractivity contribution in [1.82, 2.24) is 0 Å². The first kappa shape index (κ1) is 31.6. The van der Waals surface area contributed by atoms with Crippen LogP contribution in [0.2, 0.25) is 0 Å². The standard InChI is InChI=1S/C23H48O9/c1-2-3-4-5-6-7-23(25)22-32-21-20-31-19-18-30-17-16-29-15-14-28-13-12-27-11-10-26-9-8-24/h23-25H,2-22H2,1H3. The first-order valence-electron chi connectivity index (χ1n) is 12.1. The smallest absolute Gasteiger partial charge is 0.0773 e. The second-order valence-electron chi connectivity index (χ2n) is 7.33. The molecule has 0 aromatic rings. The molecular weight excluding hydrogens is 420 g/mol. The largest absolute Gasteiger partial charge is 0.394 e. The van der Waals surface area contributed by atoms with Gasteiger partial charge >= 0.3 is 0 Å². The number of aliphatic hydroxyl groups excluding tert-OH is 2. The third kappa shape index (κ3) is 27.7. The summed E-state index contributed by atoms with van der Waals surface area (Å²) in [4.78, 5) is 0. The highest BCUT2D eigenvalue weighted by atomic mass is 16.6. The summed E-state index contributed by atoms with van der Waals surface area (Å²) < 4.78 is 37.5. The Bertz CT molecular complexity index is 335. The fraction of sp³-hybridized carbons (Fsp3) is 1.00. The van der Waals surface area contributed by atoms with Gasteiger partial charge in [-0.1, -0.05) is 39.0 Å². The van der Waals surface area contributed by atoms with Crippen LogP contribution in [0.3, 0.4) is 0 Å². The molecule has 0 bridgehead atoms. The van der Waals surface area contributed by atoms with Crippen molar-refractivity contribution in [1.29, 1.82) is 0 Å². The minimum atomic E-state index is -0.374. The third-order valence-corrected chi connectivity index (χ3v) is 4.42. The maximum atomic E-state index is 9.84. The average molecular weight is 469 g/mol. The van der Waals surface area contributed by atoms with Crippen LogP contribution in [0.5, 0.6) is 0 Å². The lowest BCUT2D eigenvalue weighted by molar-refractivity contribution is -0.0266. The van der Waals surface area contributed by atoms with E-state index in [0.717, 1.165) is 12.8 Å². The quantitative estimate of drug-likeness (QED) is 0.166. The minimum Gasteiger partial charge on any atom is -0.394 e. The summed E-state index contributed by atoms with van der Waals surface area (Å²) in [5.41, 5.74) is 0. The molecule has 9 nitrogen and oxygen atoms in total. The van der Waals surface area contributed by atoms with Gasteiger partial charge < -0.3 is 43.4 Å². The first-order valence-corrected chi connectivity index (χ1v) is 12.1. The lowest BCUT2D eigenvalue weighted by atomic mass is 10.1. The van der Waals surface area contributed by atoms with Gasteiger partial charge in [-0.2, -0.15) is 0 Å². The van der Waals surface area contributed by atoms with Crippen LogP contribution in [0.4, 0.5) is 0 Å². The van der Waals surface area contributed by atoms with Gasteiger partial charge in [0.25, 0.3) is 0 Å². The Morgan fingerprint density at radius 1 is 0.500 bits per heavy atom. The van der Waals surface area contributed by atoms with E-state index in [2.05, 4.69) is 6.92 Å². The second kappa shape index (κ2) is 28.7. The molecule has 0 heterocycles. The molecule has 0 amide bonds. The molecule has 0 aliphatic carbocycles. The number of hydrogen-bond donors (Lipinski definition) is 2. The highest BCUT2D eigenvalue weighted by molar-refractivity contribution is 4.54. The zero-order valence-corrected chi connectivity index (χ0v) is 20.2. The van der Waals surface area contributed by atoms with Crippen LogP contribution in [0.1, 0.15) is 45.4 Å². The van der Waals surface area contributed by atoms with Crippen molar-refractivity contribution < 1.29 is 43.4 Å². The van der Waals surface area contributed by atoms with Crippen LogP contribution in [0, 0.1) is 0 Å². The molecule has 0 spiro atoms. The molecule has 0 saturated heterocycles. The fourth-order valence-corrected chi connectivity index (χ4v) is 2.67. The predicted octanol–water partition coefficient (Wildman–Crippen LogP) is 1.82. The van der Waals surface area contributed by atoms with Gasteiger partial charge in [0.05, 0.1) is 105 Å². The van der Waals surface area contributed by atoms with Crippen LogP contribution < -0.4 is 0 Å². The molecule has 1 atom stereocenters. The molecule has 0 aromatic carbocycles. The molecule has 0 aromatic heterocycles. The highest BCUT2D eigenvalue weighted by Gasteiger charge is 2.03. The number of ether oxygens (including phenoxy) is 7. The van der Waals surface area contributed by atoms with E-state index in [1.807, 2.05) is 0 Å². The van der Waals surface area contributed by atoms with Gasteiger partial charge in [-0.15, -0.1) is 0 Å². The Morgan fingerprint density at radius 2 is 0.875 bits per heavy atom. The van der Waals surface area contributed by atoms with E-state index in [0.29, 0.717) is 92.5 Å². The molecular formula is C23H48O9. The maximum absolute atomic E-state index is 9.84. The number of unbranched alkanes of at least 4 members (excludes halogenated alkanes) is 4. The zero-order chi connectivity index (χ0) is 23.4. The molecule has 0 fully saturated rings. The molecule has 1 unspecified atom stereocenters. The van der Waals surface area contributed by atoms with Crippen molar-refractivity contribution in [3.63, 3.8) is 0 Å². The molecule has 32 heavy (non-hydrogen) atoms. The Labute approximate surface area is 194 Å². The average Bonchev–Trinajstić information content (AvgIpc) is 2.80. The molecule has 0 rings (SSSR count). The molecule has 0 radical (unpaired) electrons. The van der Waals surface area contributed by atoms with Gasteiger partial charge in [0.2, 0.25) is 0 Å². The lowest BCUT2D eigenvalue weighted by Crippen LogP contribution is -2.18. The van der Waals surface area contributed by atoms with E-state index >= 15 is 0 Å². The molecule has 0 aliphatic rings. The summed E-state index contributed by atoms with van der Waals surface area (Å²) in [7, 11) is 0. The summed E-state index contributed by atoms with van der Waals surface area (Å²) in [6, 6.07) is 0. The Balaban J connectivity index is 3.07. The summed E-state index contributed by atoms with van der Waals surface area (Å²) in [5.74, 6) is 0. The fourth-order valence-electron chi connectivity index (χ4n) is 2.67. The topological polar surface area (TPSA) is 105 Å². The van der Waals surface area contributed by atoms with Crippen molar-refractivity contribution in [2.24, 2.45) is 0 Å². The monoisotopic (exact) mass is 468 g/mol. The SMILES string of the molecule is CCCCCCCC(O)COCCOCCOCCOCCOCCOCCOCCO. The molecule has 194 valence electrons. The molecule has 0 aliphatic heterocycles. The molecule has 0 saturated carbocycles.